The number of allylic oxidation sites excluding steroid dienone is 18. The summed E-state index contributed by atoms with van der Waals surface area (Å²) in [6.07, 6.45) is 98.0. The lowest BCUT2D eigenvalue weighted by Gasteiger charge is -2.25. The van der Waals surface area contributed by atoms with Gasteiger partial charge in [0.05, 0.1) is 34.4 Å². The first-order valence-corrected chi connectivity index (χ1v) is 38.1. The quantitative estimate of drug-likeness (QED) is 0.0211. The highest BCUT2D eigenvalue weighted by atomic mass is 16.7. The molecule has 0 spiro atoms. The summed E-state index contributed by atoms with van der Waals surface area (Å²) in [5.41, 5.74) is 0. The Morgan fingerprint density at radius 1 is 0.330 bits per heavy atom. The fourth-order valence-corrected chi connectivity index (χ4v) is 10.8. The third kappa shape index (κ3) is 73.2. The zero-order chi connectivity index (χ0) is 66.1. The molecular weight excluding hydrogens is 1130 g/mol. The number of unbranched alkanes of at least 4 members (excludes halogenated alkanes) is 37. The number of hydrogen-bond acceptors (Lipinski definition) is 7. The van der Waals surface area contributed by atoms with Crippen LogP contribution in [0.25, 0.3) is 0 Å². The number of carboxylic acid groups (broad SMARTS) is 1. The van der Waals surface area contributed by atoms with E-state index in [9.17, 15) is 19.5 Å². The number of likely N-dealkylation sites (N-methyl/N-ethyl adjacent to an activating group) is 1. The van der Waals surface area contributed by atoms with Crippen LogP contribution < -0.4 is 0 Å². The number of aliphatic carboxylic acids is 1. The molecule has 2 unspecified atom stereocenters. The van der Waals surface area contributed by atoms with E-state index in [1.807, 2.05) is 21.1 Å². The molecule has 0 saturated heterocycles. The molecule has 0 saturated carbocycles. The van der Waals surface area contributed by atoms with E-state index in [2.05, 4.69) is 123 Å². The maximum atomic E-state index is 13.0. The number of rotatable bonds is 70. The number of carbonyl (C=O) groups is 3. The van der Waals surface area contributed by atoms with Crippen LogP contribution in [0.5, 0.6) is 0 Å². The number of nitrogens with zero attached hydrogens (tertiary/aromatic N) is 1. The van der Waals surface area contributed by atoms with Crippen LogP contribution in [-0.2, 0) is 33.3 Å². The molecule has 0 heterocycles. The molecule has 0 aliphatic carbocycles. The predicted molar refractivity (Wildman–Crippen MR) is 392 cm³/mol. The van der Waals surface area contributed by atoms with Crippen molar-refractivity contribution in [1.29, 1.82) is 0 Å². The van der Waals surface area contributed by atoms with Gasteiger partial charge < -0.3 is 28.5 Å². The zero-order valence-electron chi connectivity index (χ0n) is 60.0. The molecule has 9 nitrogen and oxygen atoms in total. The minimum Gasteiger partial charge on any atom is -0.477 e. The van der Waals surface area contributed by atoms with E-state index in [-0.39, 0.29) is 32.2 Å². The smallest absolute Gasteiger partial charge is 0.361 e. The van der Waals surface area contributed by atoms with Gasteiger partial charge in [0.25, 0.3) is 6.29 Å². The third-order valence-electron chi connectivity index (χ3n) is 16.5. The fourth-order valence-electron chi connectivity index (χ4n) is 10.8. The van der Waals surface area contributed by atoms with Gasteiger partial charge in [-0.05, 0) is 96.3 Å². The molecule has 0 amide bonds. The predicted octanol–water partition coefficient (Wildman–Crippen LogP) is 24.1. The number of quaternary nitrogens is 1. The highest BCUT2D eigenvalue weighted by molar-refractivity contribution is 5.71. The van der Waals surface area contributed by atoms with Crippen molar-refractivity contribution in [3.05, 3.63) is 109 Å². The maximum Gasteiger partial charge on any atom is 0.361 e. The highest BCUT2D eigenvalue weighted by Gasteiger charge is 2.25. The maximum absolute atomic E-state index is 13.0. The van der Waals surface area contributed by atoms with Crippen LogP contribution in [-0.4, -0.2) is 87.4 Å². The van der Waals surface area contributed by atoms with Gasteiger partial charge in [-0.1, -0.05) is 335 Å². The molecule has 524 valence electrons. The SMILES string of the molecule is CC/C=C\C/C=C\C/C=C\C/C=C\C/C=C\CCCCCCCCCCCCCC(=O)OC(COC(=O)CCCCCCCCCCCCCCCCCCCCCCCCCCCC/C=C\C/C=C\C/C=C\C/C=C\CC)COC(OCC[N+](C)(C)C)C(=O)O. The Hall–Kier alpha value is -4.05. The summed E-state index contributed by atoms with van der Waals surface area (Å²) >= 11 is 0. The standard InChI is InChI=1S/C82H143NO8/c1-6-8-10-12-14-16-18-20-22-24-26-28-30-32-34-35-36-37-38-39-40-41-42-43-44-45-47-48-50-52-54-56-58-60-62-64-66-68-70-72-79(84)89-76-78(77-90-82(81(86)87)88-75-74-83(3,4)5)91-80(85)73-71-69-67-65-63-61-59-57-55-53-51-49-46-33-31-29-27-25-23-21-19-17-15-13-11-9-7-2/h8-11,14-17,20-23,26-29,33,46,78,82H,6-7,12-13,18-19,24-25,30-32,34-45,47-77H2,1-5H3/p+1/b10-8-,11-9-,16-14-,17-15-,22-20-,23-21-,28-26-,29-27-,46-33-. The number of ether oxygens (including phenoxy) is 4. The van der Waals surface area contributed by atoms with E-state index in [4.69, 9.17) is 18.9 Å². The van der Waals surface area contributed by atoms with E-state index in [1.165, 1.54) is 205 Å². The van der Waals surface area contributed by atoms with Gasteiger partial charge in [0.1, 0.15) is 13.2 Å². The van der Waals surface area contributed by atoms with Crippen molar-refractivity contribution >= 4 is 17.9 Å². The summed E-state index contributed by atoms with van der Waals surface area (Å²) < 4.78 is 23.0. The lowest BCUT2D eigenvalue weighted by atomic mass is 10.0. The Morgan fingerprint density at radius 3 is 0.879 bits per heavy atom. The van der Waals surface area contributed by atoms with Gasteiger partial charge in [0.15, 0.2) is 6.10 Å². The van der Waals surface area contributed by atoms with Crippen LogP contribution in [0.4, 0.5) is 0 Å². The van der Waals surface area contributed by atoms with E-state index < -0.39 is 24.3 Å². The van der Waals surface area contributed by atoms with E-state index >= 15 is 0 Å². The van der Waals surface area contributed by atoms with Gasteiger partial charge in [0.2, 0.25) is 0 Å². The van der Waals surface area contributed by atoms with Crippen molar-refractivity contribution in [2.24, 2.45) is 0 Å². The molecule has 9 heteroatoms. The van der Waals surface area contributed by atoms with Crippen LogP contribution in [0.2, 0.25) is 0 Å². The second-order valence-electron chi connectivity index (χ2n) is 26.6. The second-order valence-corrected chi connectivity index (χ2v) is 26.6. The first-order valence-electron chi connectivity index (χ1n) is 38.1. The average Bonchev–Trinajstić information content (AvgIpc) is 3.46. The second kappa shape index (κ2) is 71.8. The Labute approximate surface area is 562 Å². The Morgan fingerprint density at radius 2 is 0.593 bits per heavy atom. The van der Waals surface area contributed by atoms with Crippen molar-refractivity contribution in [2.45, 2.75) is 347 Å². The van der Waals surface area contributed by atoms with Crippen molar-refractivity contribution in [3.63, 3.8) is 0 Å². The first kappa shape index (κ1) is 87.0. The third-order valence-corrected chi connectivity index (χ3v) is 16.5. The van der Waals surface area contributed by atoms with Crippen LogP contribution >= 0.6 is 0 Å². The topological polar surface area (TPSA) is 108 Å². The summed E-state index contributed by atoms with van der Waals surface area (Å²) in [6, 6.07) is 0. The molecule has 0 aromatic rings. The monoisotopic (exact) mass is 1270 g/mol. The Kier molecular flexibility index (Phi) is 68.6. The van der Waals surface area contributed by atoms with Gasteiger partial charge in [-0.25, -0.2) is 4.79 Å². The molecule has 1 N–H and O–H groups in total. The number of hydrogen-bond donors (Lipinski definition) is 1. The molecule has 2 atom stereocenters. The molecule has 0 aliphatic heterocycles. The molecule has 0 aromatic carbocycles. The minimum atomic E-state index is -1.52. The van der Waals surface area contributed by atoms with Crippen LogP contribution in [0.15, 0.2) is 109 Å². The molecule has 0 aliphatic rings. The van der Waals surface area contributed by atoms with Crippen LogP contribution in [0.1, 0.15) is 335 Å². The average molecular weight is 1270 g/mol. The van der Waals surface area contributed by atoms with E-state index in [1.54, 1.807) is 0 Å². The molecule has 91 heavy (non-hydrogen) atoms. The van der Waals surface area contributed by atoms with Gasteiger partial charge in [-0.2, -0.15) is 0 Å². The molecule has 0 bridgehead atoms. The van der Waals surface area contributed by atoms with Crippen LogP contribution in [0, 0.1) is 0 Å². The summed E-state index contributed by atoms with van der Waals surface area (Å²) in [6.45, 7) is 4.68. The molecule has 0 fully saturated rings. The van der Waals surface area contributed by atoms with Crippen LogP contribution in [0.3, 0.4) is 0 Å². The minimum absolute atomic E-state index is 0.184. The molecule has 0 radical (unpaired) electrons. The normalized spacial score (nSPS) is 13.3. The largest absolute Gasteiger partial charge is 0.477 e. The number of esters is 2. The van der Waals surface area contributed by atoms with Crippen molar-refractivity contribution in [1.82, 2.24) is 0 Å². The van der Waals surface area contributed by atoms with E-state index in [0.717, 1.165) is 96.3 Å². The summed E-state index contributed by atoms with van der Waals surface area (Å²) in [5.74, 6) is -2.00. The lowest BCUT2D eigenvalue weighted by Crippen LogP contribution is -2.40. The van der Waals surface area contributed by atoms with Crippen molar-refractivity contribution < 1.29 is 42.9 Å². The number of carboxylic acids is 1. The fraction of sp³-hybridized carbons (Fsp3) is 0.744. The van der Waals surface area contributed by atoms with Gasteiger partial charge in [-0.3, -0.25) is 9.59 Å². The van der Waals surface area contributed by atoms with Gasteiger partial charge >= 0.3 is 17.9 Å². The van der Waals surface area contributed by atoms with Crippen molar-refractivity contribution in [2.75, 3.05) is 47.5 Å². The summed E-state index contributed by atoms with van der Waals surface area (Å²) in [5, 5.41) is 9.76. The lowest BCUT2D eigenvalue weighted by molar-refractivity contribution is -0.870. The summed E-state index contributed by atoms with van der Waals surface area (Å²) in [7, 11) is 5.98. The van der Waals surface area contributed by atoms with Gasteiger partial charge in [0, 0.05) is 12.8 Å². The van der Waals surface area contributed by atoms with Gasteiger partial charge in [-0.15, -0.1) is 0 Å². The first-order chi connectivity index (χ1) is 44.6. The Bertz CT molecular complexity index is 1870. The number of carbonyl (C=O) groups excluding carboxylic acids is 2. The Balaban J connectivity index is 4.00. The van der Waals surface area contributed by atoms with E-state index in [0.29, 0.717) is 23.9 Å². The highest BCUT2D eigenvalue weighted by Crippen LogP contribution is 2.19. The molecule has 0 aromatic heterocycles. The zero-order valence-corrected chi connectivity index (χ0v) is 60.0. The molecular formula is C82H144NO8+. The molecule has 0 rings (SSSR count). The summed E-state index contributed by atoms with van der Waals surface area (Å²) in [4.78, 5) is 37.7. The van der Waals surface area contributed by atoms with Crippen molar-refractivity contribution in [3.8, 4) is 0 Å².